The van der Waals surface area contributed by atoms with Crippen molar-refractivity contribution >= 4 is 23.5 Å². The number of carboxylic acids is 1. The predicted molar refractivity (Wildman–Crippen MR) is 106 cm³/mol. The summed E-state index contributed by atoms with van der Waals surface area (Å²) in [5, 5.41) is 8.80. The molecular formula is C23H17NO5. The van der Waals surface area contributed by atoms with Gasteiger partial charge < -0.3 is 9.84 Å². The van der Waals surface area contributed by atoms with Gasteiger partial charge in [-0.1, -0.05) is 36.4 Å². The molecular weight excluding hydrogens is 370 g/mol. The third-order valence-corrected chi connectivity index (χ3v) is 4.67. The maximum atomic E-state index is 12.5. The Kier molecular flexibility index (Phi) is 4.83. The maximum Gasteiger partial charge on any atom is 0.307 e. The summed E-state index contributed by atoms with van der Waals surface area (Å²) in [4.78, 5) is 37.0. The maximum absolute atomic E-state index is 12.5. The Morgan fingerprint density at radius 2 is 1.34 bits per heavy atom. The minimum atomic E-state index is -0.868. The molecule has 6 heteroatoms. The molecule has 0 spiro atoms. The van der Waals surface area contributed by atoms with Gasteiger partial charge in [-0.05, 0) is 47.5 Å². The van der Waals surface area contributed by atoms with E-state index in [0.29, 0.717) is 29.2 Å². The molecule has 4 rings (SSSR count). The summed E-state index contributed by atoms with van der Waals surface area (Å²) >= 11 is 0. The lowest BCUT2D eigenvalue weighted by atomic mass is 10.1. The molecule has 0 fully saturated rings. The van der Waals surface area contributed by atoms with Crippen LogP contribution in [-0.2, 0) is 17.8 Å². The highest BCUT2D eigenvalue weighted by Crippen LogP contribution is 2.29. The smallest absolute Gasteiger partial charge is 0.307 e. The molecule has 6 nitrogen and oxygen atoms in total. The average Bonchev–Trinajstić information content (AvgIpc) is 2.98. The number of rotatable bonds is 6. The van der Waals surface area contributed by atoms with E-state index in [4.69, 9.17) is 9.84 Å². The zero-order valence-corrected chi connectivity index (χ0v) is 15.4. The molecule has 0 atom stereocenters. The van der Waals surface area contributed by atoms with Crippen molar-refractivity contribution < 1.29 is 24.2 Å². The molecule has 0 radical (unpaired) electrons. The normalized spacial score (nSPS) is 12.8. The molecule has 0 saturated heterocycles. The van der Waals surface area contributed by atoms with Crippen molar-refractivity contribution in [1.82, 2.24) is 0 Å². The molecule has 1 aliphatic heterocycles. The van der Waals surface area contributed by atoms with Gasteiger partial charge in [0.1, 0.15) is 12.4 Å². The third-order valence-electron chi connectivity index (χ3n) is 4.67. The molecule has 0 unspecified atom stereocenters. The molecule has 1 aliphatic rings. The van der Waals surface area contributed by atoms with Gasteiger partial charge in [0.15, 0.2) is 0 Å². The Morgan fingerprint density at radius 1 is 0.793 bits per heavy atom. The Hall–Kier alpha value is -3.93. The number of fused-ring (bicyclic) bond motifs is 1. The van der Waals surface area contributed by atoms with Gasteiger partial charge in [0, 0.05) is 0 Å². The topological polar surface area (TPSA) is 83.9 Å². The average molecular weight is 387 g/mol. The fourth-order valence-electron chi connectivity index (χ4n) is 3.21. The van der Waals surface area contributed by atoms with Gasteiger partial charge in [-0.15, -0.1) is 0 Å². The van der Waals surface area contributed by atoms with Crippen LogP contribution in [0, 0.1) is 0 Å². The number of nitrogens with zero attached hydrogens (tertiary/aromatic N) is 1. The first-order valence-corrected chi connectivity index (χ1v) is 9.03. The molecule has 29 heavy (non-hydrogen) atoms. The number of benzene rings is 3. The van der Waals surface area contributed by atoms with Gasteiger partial charge in [-0.2, -0.15) is 0 Å². The van der Waals surface area contributed by atoms with E-state index in [1.54, 1.807) is 60.7 Å². The van der Waals surface area contributed by atoms with Crippen LogP contribution in [0.25, 0.3) is 0 Å². The second kappa shape index (κ2) is 7.59. The van der Waals surface area contributed by atoms with Crippen molar-refractivity contribution in [1.29, 1.82) is 0 Å². The number of imide groups is 1. The highest BCUT2D eigenvalue weighted by atomic mass is 16.5. The summed E-state index contributed by atoms with van der Waals surface area (Å²) in [6.07, 6.45) is -0.0135. The zero-order valence-electron chi connectivity index (χ0n) is 15.4. The van der Waals surface area contributed by atoms with Crippen LogP contribution < -0.4 is 9.64 Å². The van der Waals surface area contributed by atoms with Crippen LogP contribution >= 0.6 is 0 Å². The summed E-state index contributed by atoms with van der Waals surface area (Å²) in [6.45, 7) is 0.319. The van der Waals surface area contributed by atoms with E-state index in [0.717, 1.165) is 16.0 Å². The molecule has 1 N–H and O–H groups in total. The largest absolute Gasteiger partial charge is 0.489 e. The van der Waals surface area contributed by atoms with E-state index in [2.05, 4.69) is 0 Å². The molecule has 144 valence electrons. The van der Waals surface area contributed by atoms with Crippen LogP contribution in [0.15, 0.2) is 72.8 Å². The van der Waals surface area contributed by atoms with Crippen molar-refractivity contribution in [2.75, 3.05) is 4.90 Å². The van der Waals surface area contributed by atoms with Gasteiger partial charge in [0.05, 0.1) is 23.2 Å². The Balaban J connectivity index is 1.42. The van der Waals surface area contributed by atoms with Crippen molar-refractivity contribution in [2.45, 2.75) is 13.0 Å². The van der Waals surface area contributed by atoms with Crippen LogP contribution in [0.5, 0.6) is 5.75 Å². The zero-order chi connectivity index (χ0) is 20.4. The lowest BCUT2D eigenvalue weighted by Gasteiger charge is -2.14. The van der Waals surface area contributed by atoms with Gasteiger partial charge in [0.25, 0.3) is 11.8 Å². The predicted octanol–water partition coefficient (Wildman–Crippen LogP) is 3.69. The molecule has 3 aromatic carbocycles. The molecule has 3 aromatic rings. The number of carbonyl (C=O) groups is 3. The summed E-state index contributed by atoms with van der Waals surface area (Å²) < 4.78 is 5.74. The van der Waals surface area contributed by atoms with E-state index in [9.17, 15) is 14.4 Å². The number of carboxylic acid groups (broad SMARTS) is 1. The SMILES string of the molecule is O=C(O)Cc1ccc(COc2ccc(N3C(=O)c4ccccc4C3=O)cc2)cc1. The van der Waals surface area contributed by atoms with Gasteiger partial charge in [-0.25, -0.2) is 4.90 Å². The first-order chi connectivity index (χ1) is 14.0. The molecule has 1 heterocycles. The number of hydrogen-bond donors (Lipinski definition) is 1. The standard InChI is InChI=1S/C23H17NO5/c25-21(26)13-15-5-7-16(8-6-15)14-29-18-11-9-17(10-12-18)24-22(27)19-3-1-2-4-20(19)23(24)28/h1-12H,13-14H2,(H,25,26). The number of carbonyl (C=O) groups excluding carboxylic acids is 2. The van der Waals surface area contributed by atoms with Crippen LogP contribution in [-0.4, -0.2) is 22.9 Å². The number of anilines is 1. The van der Waals surface area contributed by atoms with Gasteiger partial charge in [0.2, 0.25) is 0 Å². The summed E-state index contributed by atoms with van der Waals surface area (Å²) in [5.41, 5.74) is 2.94. The number of amides is 2. The lowest BCUT2D eigenvalue weighted by Crippen LogP contribution is -2.29. The van der Waals surface area contributed by atoms with Crippen LogP contribution in [0.2, 0.25) is 0 Å². The van der Waals surface area contributed by atoms with E-state index >= 15 is 0 Å². The summed E-state index contributed by atoms with van der Waals surface area (Å²) in [5.74, 6) is -0.937. The van der Waals surface area contributed by atoms with Crippen LogP contribution in [0.1, 0.15) is 31.8 Å². The molecule has 0 aromatic heterocycles. The summed E-state index contributed by atoms with van der Waals surface area (Å²) in [7, 11) is 0. The quantitative estimate of drug-likeness (QED) is 0.652. The van der Waals surface area contributed by atoms with Crippen molar-refractivity contribution in [3.05, 3.63) is 95.1 Å². The fourth-order valence-corrected chi connectivity index (χ4v) is 3.21. The fraction of sp³-hybridized carbons (Fsp3) is 0.0870. The number of aliphatic carboxylic acids is 1. The highest BCUT2D eigenvalue weighted by Gasteiger charge is 2.36. The first kappa shape index (κ1) is 18.4. The lowest BCUT2D eigenvalue weighted by molar-refractivity contribution is -0.136. The van der Waals surface area contributed by atoms with Crippen LogP contribution in [0.3, 0.4) is 0 Å². The monoisotopic (exact) mass is 387 g/mol. The minimum Gasteiger partial charge on any atom is -0.489 e. The number of ether oxygens (including phenoxy) is 1. The van der Waals surface area contributed by atoms with Crippen molar-refractivity contribution in [3.8, 4) is 5.75 Å². The van der Waals surface area contributed by atoms with Gasteiger partial charge >= 0.3 is 5.97 Å². The molecule has 0 saturated carbocycles. The molecule has 2 amide bonds. The Labute approximate surface area is 167 Å². The highest BCUT2D eigenvalue weighted by molar-refractivity contribution is 6.34. The third kappa shape index (κ3) is 3.73. The van der Waals surface area contributed by atoms with Gasteiger partial charge in [-0.3, -0.25) is 14.4 Å². The first-order valence-electron chi connectivity index (χ1n) is 9.03. The van der Waals surface area contributed by atoms with Crippen LogP contribution in [0.4, 0.5) is 5.69 Å². The number of hydrogen-bond acceptors (Lipinski definition) is 4. The molecule has 0 bridgehead atoms. The van der Waals surface area contributed by atoms with Crippen molar-refractivity contribution in [2.24, 2.45) is 0 Å². The second-order valence-electron chi connectivity index (χ2n) is 6.66. The Morgan fingerprint density at radius 3 is 1.90 bits per heavy atom. The van der Waals surface area contributed by atoms with Crippen molar-refractivity contribution in [3.63, 3.8) is 0 Å². The Bertz CT molecular complexity index is 1050. The van der Waals surface area contributed by atoms with E-state index in [-0.39, 0.29) is 18.2 Å². The van der Waals surface area contributed by atoms with E-state index < -0.39 is 5.97 Å². The molecule has 0 aliphatic carbocycles. The second-order valence-corrected chi connectivity index (χ2v) is 6.66. The van der Waals surface area contributed by atoms with E-state index in [1.165, 1.54) is 0 Å². The van der Waals surface area contributed by atoms with E-state index in [1.807, 2.05) is 12.1 Å². The minimum absolute atomic E-state index is 0.0135. The summed E-state index contributed by atoms with van der Waals surface area (Å²) in [6, 6.07) is 20.7.